The van der Waals surface area contributed by atoms with Crippen LogP contribution in [0, 0.1) is 0 Å². The summed E-state index contributed by atoms with van der Waals surface area (Å²) < 4.78 is 4.80. The van der Waals surface area contributed by atoms with Crippen molar-refractivity contribution < 1.29 is 19.4 Å². The average molecular weight is 216 g/mol. The van der Waals surface area contributed by atoms with Gasteiger partial charge in [-0.15, -0.1) is 0 Å². The number of amides is 1. The number of carbonyl (C=O) groups excluding carboxylic acids is 1. The number of esters is 1. The van der Waals surface area contributed by atoms with Crippen molar-refractivity contribution in [2.75, 3.05) is 26.2 Å². The molecule has 1 atom stereocenters. The molecule has 1 rings (SSSR count). The minimum atomic E-state index is -0.939. The molecule has 0 aromatic heterocycles. The lowest BCUT2D eigenvalue weighted by Gasteiger charge is -2.31. The van der Waals surface area contributed by atoms with E-state index in [1.54, 1.807) is 6.92 Å². The van der Waals surface area contributed by atoms with Crippen LogP contribution in [0.25, 0.3) is 0 Å². The van der Waals surface area contributed by atoms with Crippen molar-refractivity contribution in [1.29, 1.82) is 0 Å². The Labute approximate surface area is 88.2 Å². The van der Waals surface area contributed by atoms with Gasteiger partial charge in [0.2, 0.25) is 0 Å². The van der Waals surface area contributed by atoms with E-state index in [4.69, 9.17) is 9.84 Å². The Balaban J connectivity index is 2.36. The molecule has 1 aliphatic rings. The van der Waals surface area contributed by atoms with Gasteiger partial charge in [0.15, 0.2) is 0 Å². The van der Waals surface area contributed by atoms with Gasteiger partial charge < -0.3 is 20.1 Å². The summed E-state index contributed by atoms with van der Waals surface area (Å²) in [7, 11) is 0. The first kappa shape index (κ1) is 11.8. The van der Waals surface area contributed by atoms with E-state index in [0.717, 1.165) is 0 Å². The van der Waals surface area contributed by atoms with E-state index in [2.05, 4.69) is 5.32 Å². The van der Waals surface area contributed by atoms with E-state index >= 15 is 0 Å². The van der Waals surface area contributed by atoms with Crippen LogP contribution in [-0.4, -0.2) is 54.4 Å². The summed E-state index contributed by atoms with van der Waals surface area (Å²) >= 11 is 0. The van der Waals surface area contributed by atoms with Crippen LogP contribution in [-0.2, 0) is 9.53 Å². The number of hydrogen-bond donors (Lipinski definition) is 2. The molecule has 0 spiro atoms. The second kappa shape index (κ2) is 5.55. The Kier molecular flexibility index (Phi) is 4.36. The monoisotopic (exact) mass is 216 g/mol. The molecule has 86 valence electrons. The van der Waals surface area contributed by atoms with Crippen LogP contribution in [0.4, 0.5) is 4.79 Å². The SMILES string of the molecule is CCOC(=O)C[C@H]1CN(C(=O)O)CCN1. The van der Waals surface area contributed by atoms with Crippen molar-refractivity contribution in [2.24, 2.45) is 0 Å². The number of carbonyl (C=O) groups is 2. The zero-order valence-corrected chi connectivity index (χ0v) is 8.73. The zero-order chi connectivity index (χ0) is 11.3. The van der Waals surface area contributed by atoms with Crippen LogP contribution < -0.4 is 5.32 Å². The third kappa shape index (κ3) is 3.75. The van der Waals surface area contributed by atoms with Gasteiger partial charge in [-0.25, -0.2) is 4.79 Å². The van der Waals surface area contributed by atoms with E-state index in [9.17, 15) is 9.59 Å². The van der Waals surface area contributed by atoms with Crippen LogP contribution in [0.2, 0.25) is 0 Å². The Morgan fingerprint density at radius 1 is 1.60 bits per heavy atom. The van der Waals surface area contributed by atoms with Gasteiger partial charge in [0.05, 0.1) is 13.0 Å². The number of rotatable bonds is 3. The van der Waals surface area contributed by atoms with Gasteiger partial charge in [0.25, 0.3) is 0 Å². The summed E-state index contributed by atoms with van der Waals surface area (Å²) in [5.74, 6) is -0.290. The summed E-state index contributed by atoms with van der Waals surface area (Å²) in [6.45, 7) is 3.49. The van der Waals surface area contributed by atoms with E-state index in [1.165, 1.54) is 4.90 Å². The number of ether oxygens (including phenoxy) is 1. The third-order valence-electron chi connectivity index (χ3n) is 2.24. The summed E-state index contributed by atoms with van der Waals surface area (Å²) in [5, 5.41) is 11.9. The van der Waals surface area contributed by atoms with E-state index < -0.39 is 6.09 Å². The molecule has 2 N–H and O–H groups in total. The zero-order valence-electron chi connectivity index (χ0n) is 8.73. The Hall–Kier alpha value is -1.30. The fourth-order valence-electron chi connectivity index (χ4n) is 1.56. The Morgan fingerprint density at radius 3 is 2.93 bits per heavy atom. The summed E-state index contributed by atoms with van der Waals surface area (Å²) in [6, 6.07) is -0.131. The molecule has 0 bridgehead atoms. The molecule has 1 amide bonds. The predicted octanol–water partition coefficient (Wildman–Crippen LogP) is -0.109. The second-order valence-corrected chi connectivity index (χ2v) is 3.39. The quantitative estimate of drug-likeness (QED) is 0.644. The highest BCUT2D eigenvalue weighted by Crippen LogP contribution is 2.04. The lowest BCUT2D eigenvalue weighted by molar-refractivity contribution is -0.143. The van der Waals surface area contributed by atoms with Gasteiger partial charge in [-0.1, -0.05) is 0 Å². The molecular weight excluding hydrogens is 200 g/mol. The molecule has 0 unspecified atom stereocenters. The van der Waals surface area contributed by atoms with E-state index in [-0.39, 0.29) is 18.4 Å². The van der Waals surface area contributed by atoms with Gasteiger partial charge >= 0.3 is 12.1 Å². The highest BCUT2D eigenvalue weighted by molar-refractivity contribution is 5.70. The number of nitrogens with one attached hydrogen (secondary N) is 1. The lowest BCUT2D eigenvalue weighted by atomic mass is 10.1. The summed E-state index contributed by atoms with van der Waals surface area (Å²) in [5.41, 5.74) is 0. The molecule has 1 heterocycles. The van der Waals surface area contributed by atoms with Crippen molar-refractivity contribution in [3.05, 3.63) is 0 Å². The minimum absolute atomic E-state index is 0.131. The predicted molar refractivity (Wildman–Crippen MR) is 52.6 cm³/mol. The van der Waals surface area contributed by atoms with Crippen molar-refractivity contribution in [2.45, 2.75) is 19.4 Å². The molecule has 15 heavy (non-hydrogen) atoms. The highest BCUT2D eigenvalue weighted by Gasteiger charge is 2.24. The first-order valence-corrected chi connectivity index (χ1v) is 5.00. The number of piperazine rings is 1. The van der Waals surface area contributed by atoms with Crippen molar-refractivity contribution in [3.8, 4) is 0 Å². The van der Waals surface area contributed by atoms with Crippen LogP contribution in [0.1, 0.15) is 13.3 Å². The first-order chi connectivity index (χ1) is 7.13. The standard InChI is InChI=1S/C9H16N2O4/c1-2-15-8(12)5-7-6-11(9(13)14)4-3-10-7/h7,10H,2-6H2,1H3,(H,13,14)/t7-/m0/s1. The molecule has 0 aromatic rings. The molecule has 0 aromatic carbocycles. The topological polar surface area (TPSA) is 78.9 Å². The highest BCUT2D eigenvalue weighted by atomic mass is 16.5. The maximum absolute atomic E-state index is 11.2. The van der Waals surface area contributed by atoms with E-state index in [0.29, 0.717) is 26.2 Å². The van der Waals surface area contributed by atoms with Gasteiger partial charge in [0.1, 0.15) is 0 Å². The van der Waals surface area contributed by atoms with Crippen LogP contribution in [0.15, 0.2) is 0 Å². The van der Waals surface area contributed by atoms with Gasteiger partial charge in [-0.05, 0) is 6.92 Å². The van der Waals surface area contributed by atoms with Crippen molar-refractivity contribution >= 4 is 12.1 Å². The molecule has 0 radical (unpaired) electrons. The normalized spacial score (nSPS) is 21.1. The molecule has 6 nitrogen and oxygen atoms in total. The molecule has 0 aliphatic carbocycles. The van der Waals surface area contributed by atoms with E-state index in [1.807, 2.05) is 0 Å². The van der Waals surface area contributed by atoms with Gasteiger partial charge in [-0.3, -0.25) is 4.79 Å². The van der Waals surface area contributed by atoms with Crippen LogP contribution in [0.3, 0.4) is 0 Å². The fourth-order valence-corrected chi connectivity index (χ4v) is 1.56. The minimum Gasteiger partial charge on any atom is -0.466 e. The van der Waals surface area contributed by atoms with Crippen LogP contribution in [0.5, 0.6) is 0 Å². The van der Waals surface area contributed by atoms with Crippen molar-refractivity contribution in [3.63, 3.8) is 0 Å². The first-order valence-electron chi connectivity index (χ1n) is 5.00. The molecule has 1 fully saturated rings. The largest absolute Gasteiger partial charge is 0.466 e. The summed E-state index contributed by atoms with van der Waals surface area (Å²) in [6.07, 6.45) is -0.720. The second-order valence-electron chi connectivity index (χ2n) is 3.39. The molecular formula is C9H16N2O4. The Morgan fingerprint density at radius 2 is 2.33 bits per heavy atom. The number of carboxylic acid groups (broad SMARTS) is 1. The number of hydrogen-bond acceptors (Lipinski definition) is 4. The average Bonchev–Trinajstić information content (AvgIpc) is 2.18. The fraction of sp³-hybridized carbons (Fsp3) is 0.778. The number of nitrogens with zero attached hydrogens (tertiary/aromatic N) is 1. The van der Waals surface area contributed by atoms with Crippen molar-refractivity contribution in [1.82, 2.24) is 10.2 Å². The smallest absolute Gasteiger partial charge is 0.407 e. The third-order valence-corrected chi connectivity index (χ3v) is 2.24. The molecule has 0 saturated carbocycles. The Bertz CT molecular complexity index is 244. The maximum Gasteiger partial charge on any atom is 0.407 e. The molecule has 6 heteroatoms. The molecule has 1 saturated heterocycles. The van der Waals surface area contributed by atoms with Crippen LogP contribution >= 0.6 is 0 Å². The summed E-state index contributed by atoms with van der Waals surface area (Å²) in [4.78, 5) is 23.2. The maximum atomic E-state index is 11.2. The van der Waals surface area contributed by atoms with Gasteiger partial charge in [0, 0.05) is 25.7 Å². The van der Waals surface area contributed by atoms with Gasteiger partial charge in [-0.2, -0.15) is 0 Å². The molecule has 1 aliphatic heterocycles. The lowest BCUT2D eigenvalue weighted by Crippen LogP contribution is -2.52.